The van der Waals surface area contributed by atoms with E-state index in [0.29, 0.717) is 17.2 Å². The third kappa shape index (κ3) is 2.91. The molecule has 0 radical (unpaired) electrons. The molecule has 0 unspecified atom stereocenters. The highest BCUT2D eigenvalue weighted by atomic mass is 32.2. The molecular weight excluding hydrogens is 302 g/mol. The van der Waals surface area contributed by atoms with Crippen molar-refractivity contribution in [2.24, 2.45) is 0 Å². The van der Waals surface area contributed by atoms with E-state index in [1.54, 1.807) is 28.8 Å². The average Bonchev–Trinajstić information content (AvgIpc) is 2.92. The number of nitrogens with zero attached hydrogens (tertiary/aromatic N) is 4. The molecule has 0 saturated carbocycles. The van der Waals surface area contributed by atoms with E-state index in [0.717, 1.165) is 17.1 Å². The number of anilines is 1. The van der Waals surface area contributed by atoms with Gasteiger partial charge >= 0.3 is 0 Å². The molecule has 0 fully saturated rings. The van der Waals surface area contributed by atoms with Crippen LogP contribution in [0.5, 0.6) is 0 Å². The molecule has 7 nitrogen and oxygen atoms in total. The zero-order valence-electron chi connectivity index (χ0n) is 12.2. The molecule has 3 rings (SSSR count). The Labute approximate surface area is 128 Å². The zero-order chi connectivity index (χ0) is 15.7. The molecule has 0 aliphatic rings. The van der Waals surface area contributed by atoms with Gasteiger partial charge < -0.3 is 5.32 Å². The van der Waals surface area contributed by atoms with Crippen molar-refractivity contribution in [3.8, 4) is 0 Å². The molecule has 0 saturated heterocycles. The largest absolute Gasteiger partial charge is 0.366 e. The first kappa shape index (κ1) is 14.5. The number of rotatable bonds is 4. The van der Waals surface area contributed by atoms with Gasteiger partial charge in [-0.15, -0.1) is 0 Å². The Morgan fingerprint density at radius 1 is 1.23 bits per heavy atom. The van der Waals surface area contributed by atoms with Crippen molar-refractivity contribution in [3.63, 3.8) is 0 Å². The van der Waals surface area contributed by atoms with Gasteiger partial charge in [-0.25, -0.2) is 13.4 Å². The summed E-state index contributed by atoms with van der Waals surface area (Å²) in [4.78, 5) is 8.65. The van der Waals surface area contributed by atoms with Gasteiger partial charge in [0.15, 0.2) is 9.84 Å². The number of hydrogen-bond donors (Lipinski definition) is 1. The Morgan fingerprint density at radius 3 is 2.64 bits per heavy atom. The van der Waals surface area contributed by atoms with Gasteiger partial charge in [-0.1, -0.05) is 12.1 Å². The summed E-state index contributed by atoms with van der Waals surface area (Å²) in [5.41, 5.74) is 1.81. The van der Waals surface area contributed by atoms with E-state index in [9.17, 15) is 8.42 Å². The summed E-state index contributed by atoms with van der Waals surface area (Å²) in [5.74, 6) is 1.32. The summed E-state index contributed by atoms with van der Waals surface area (Å²) >= 11 is 0. The van der Waals surface area contributed by atoms with Gasteiger partial charge in [-0.3, -0.25) is 0 Å². The Hall–Kier alpha value is -2.48. The van der Waals surface area contributed by atoms with E-state index in [-0.39, 0.29) is 0 Å². The summed E-state index contributed by atoms with van der Waals surface area (Å²) in [5, 5.41) is 7.38. The van der Waals surface area contributed by atoms with Crippen molar-refractivity contribution < 1.29 is 8.42 Å². The normalized spacial score (nSPS) is 11.7. The maximum atomic E-state index is 11.4. The first-order valence-electron chi connectivity index (χ1n) is 6.64. The fraction of sp³-hybridized carbons (Fsp3) is 0.214. The van der Waals surface area contributed by atoms with E-state index in [1.807, 2.05) is 13.0 Å². The highest BCUT2D eigenvalue weighted by Gasteiger charge is 2.07. The number of hydrogen-bond acceptors (Lipinski definition) is 6. The SMILES string of the molecule is Cc1cc(NCc2ccc(S(C)(=O)=O)cc2)n2ncnc2n1. The quantitative estimate of drug-likeness (QED) is 0.783. The highest BCUT2D eigenvalue weighted by Crippen LogP contribution is 2.14. The second-order valence-electron chi connectivity index (χ2n) is 5.02. The van der Waals surface area contributed by atoms with E-state index < -0.39 is 9.84 Å². The maximum absolute atomic E-state index is 11.4. The van der Waals surface area contributed by atoms with Gasteiger partial charge in [0, 0.05) is 24.6 Å². The number of aromatic nitrogens is 4. The molecule has 2 heterocycles. The van der Waals surface area contributed by atoms with E-state index in [4.69, 9.17) is 0 Å². The Morgan fingerprint density at radius 2 is 1.95 bits per heavy atom. The second-order valence-corrected chi connectivity index (χ2v) is 7.04. The van der Waals surface area contributed by atoms with Crippen LogP contribution in [0.1, 0.15) is 11.3 Å². The molecule has 0 aliphatic heterocycles. The predicted molar refractivity (Wildman–Crippen MR) is 82.4 cm³/mol. The van der Waals surface area contributed by atoms with Gasteiger partial charge in [-0.2, -0.15) is 14.6 Å². The molecule has 114 valence electrons. The summed E-state index contributed by atoms with van der Waals surface area (Å²) in [6, 6.07) is 8.67. The highest BCUT2D eigenvalue weighted by molar-refractivity contribution is 7.90. The van der Waals surface area contributed by atoms with E-state index >= 15 is 0 Å². The van der Waals surface area contributed by atoms with E-state index in [2.05, 4.69) is 20.4 Å². The zero-order valence-corrected chi connectivity index (χ0v) is 13.0. The molecule has 0 aliphatic carbocycles. The molecule has 0 atom stereocenters. The van der Waals surface area contributed by atoms with Crippen molar-refractivity contribution in [1.82, 2.24) is 19.6 Å². The molecule has 1 N–H and O–H groups in total. The van der Waals surface area contributed by atoms with Gasteiger partial charge in [0.1, 0.15) is 12.1 Å². The van der Waals surface area contributed by atoms with Crippen LogP contribution >= 0.6 is 0 Å². The van der Waals surface area contributed by atoms with Crippen LogP contribution < -0.4 is 5.32 Å². The minimum absolute atomic E-state index is 0.315. The number of aryl methyl sites for hydroxylation is 1. The first-order valence-corrected chi connectivity index (χ1v) is 8.53. The van der Waals surface area contributed by atoms with Gasteiger partial charge in [-0.05, 0) is 24.6 Å². The predicted octanol–water partition coefficient (Wildman–Crippen LogP) is 1.45. The summed E-state index contributed by atoms with van der Waals surface area (Å²) in [6.07, 6.45) is 2.65. The minimum Gasteiger partial charge on any atom is -0.366 e. The average molecular weight is 317 g/mol. The monoisotopic (exact) mass is 317 g/mol. The number of benzene rings is 1. The van der Waals surface area contributed by atoms with Crippen molar-refractivity contribution >= 4 is 21.4 Å². The summed E-state index contributed by atoms with van der Waals surface area (Å²) in [6.45, 7) is 2.43. The molecule has 0 amide bonds. The summed E-state index contributed by atoms with van der Waals surface area (Å²) < 4.78 is 24.5. The van der Waals surface area contributed by atoms with Crippen LogP contribution in [-0.2, 0) is 16.4 Å². The summed E-state index contributed by atoms with van der Waals surface area (Å²) in [7, 11) is -3.16. The van der Waals surface area contributed by atoms with Crippen LogP contribution in [0.15, 0.2) is 41.6 Å². The lowest BCUT2D eigenvalue weighted by Gasteiger charge is -2.09. The third-order valence-corrected chi connectivity index (χ3v) is 4.33. The Kier molecular flexibility index (Phi) is 3.53. The van der Waals surface area contributed by atoms with Crippen molar-refractivity contribution in [2.75, 3.05) is 11.6 Å². The third-order valence-electron chi connectivity index (χ3n) is 3.21. The smallest absolute Gasteiger partial charge is 0.254 e. The fourth-order valence-corrected chi connectivity index (χ4v) is 2.73. The van der Waals surface area contributed by atoms with Gasteiger partial charge in [0.25, 0.3) is 5.78 Å². The van der Waals surface area contributed by atoms with Crippen LogP contribution in [0, 0.1) is 6.92 Å². The van der Waals surface area contributed by atoms with Gasteiger partial charge in [0.2, 0.25) is 0 Å². The van der Waals surface area contributed by atoms with Crippen molar-refractivity contribution in [2.45, 2.75) is 18.4 Å². The number of fused-ring (bicyclic) bond motifs is 1. The Balaban J connectivity index is 1.81. The van der Waals surface area contributed by atoms with Crippen molar-refractivity contribution in [1.29, 1.82) is 0 Å². The lowest BCUT2D eigenvalue weighted by Crippen LogP contribution is -2.07. The van der Waals surface area contributed by atoms with Crippen LogP contribution in [0.2, 0.25) is 0 Å². The molecule has 0 spiro atoms. The van der Waals surface area contributed by atoms with Crippen molar-refractivity contribution in [3.05, 3.63) is 47.9 Å². The van der Waals surface area contributed by atoms with Crippen LogP contribution in [0.4, 0.5) is 5.82 Å². The van der Waals surface area contributed by atoms with Crippen LogP contribution in [0.3, 0.4) is 0 Å². The molecule has 1 aromatic carbocycles. The fourth-order valence-electron chi connectivity index (χ4n) is 2.10. The van der Waals surface area contributed by atoms with E-state index in [1.165, 1.54) is 12.6 Å². The van der Waals surface area contributed by atoms with Crippen LogP contribution in [0.25, 0.3) is 5.78 Å². The standard InChI is InChI=1S/C14H15N5O2S/c1-10-7-13(19-14(18-10)16-9-17-19)15-8-11-3-5-12(6-4-11)22(2,20)21/h3-7,9,15H,8H2,1-2H3. The topological polar surface area (TPSA) is 89.2 Å². The number of nitrogens with one attached hydrogen (secondary N) is 1. The lowest BCUT2D eigenvalue weighted by molar-refractivity contribution is 0.602. The van der Waals surface area contributed by atoms with Gasteiger partial charge in [0.05, 0.1) is 4.90 Å². The molecule has 8 heteroatoms. The number of sulfone groups is 1. The minimum atomic E-state index is -3.16. The molecule has 3 aromatic rings. The lowest BCUT2D eigenvalue weighted by atomic mass is 10.2. The molecular formula is C14H15N5O2S. The molecule has 0 bridgehead atoms. The Bertz CT molecular complexity index is 916. The molecule has 2 aromatic heterocycles. The van der Waals surface area contributed by atoms with Crippen LogP contribution in [-0.4, -0.2) is 34.3 Å². The maximum Gasteiger partial charge on any atom is 0.254 e. The first-order chi connectivity index (χ1) is 10.4. The second kappa shape index (κ2) is 5.38. The molecule has 22 heavy (non-hydrogen) atoms.